The van der Waals surface area contributed by atoms with Gasteiger partial charge in [0.2, 0.25) is 5.91 Å². The van der Waals surface area contributed by atoms with Gasteiger partial charge in [-0.15, -0.1) is 11.3 Å². The Morgan fingerprint density at radius 1 is 1.35 bits per heavy atom. The van der Waals surface area contributed by atoms with Crippen molar-refractivity contribution in [3.8, 4) is 11.3 Å². The highest BCUT2D eigenvalue weighted by Crippen LogP contribution is 2.30. The van der Waals surface area contributed by atoms with Crippen molar-refractivity contribution in [3.63, 3.8) is 0 Å². The number of hydrogen-bond acceptors (Lipinski definition) is 5. The summed E-state index contributed by atoms with van der Waals surface area (Å²) < 4.78 is 18.7. The lowest BCUT2D eigenvalue weighted by atomic mass is 10.1. The minimum atomic E-state index is -0.294. The summed E-state index contributed by atoms with van der Waals surface area (Å²) in [4.78, 5) is 20.3. The maximum Gasteiger partial charge on any atom is 0.256 e. The van der Waals surface area contributed by atoms with Crippen LogP contribution in [-0.2, 0) is 17.8 Å². The highest BCUT2D eigenvalue weighted by atomic mass is 32.2. The van der Waals surface area contributed by atoms with Gasteiger partial charge < -0.3 is 9.32 Å². The molecule has 0 spiro atoms. The van der Waals surface area contributed by atoms with Gasteiger partial charge in [0.05, 0.1) is 11.4 Å². The lowest BCUT2D eigenvalue weighted by molar-refractivity contribution is -0.131. The third-order valence-corrected chi connectivity index (χ3v) is 6.33. The molecule has 1 unspecified atom stereocenters. The minimum absolute atomic E-state index is 0.0911. The number of thiophene rings is 1. The first-order chi connectivity index (χ1) is 12.6. The fourth-order valence-electron chi connectivity index (χ4n) is 2.96. The van der Waals surface area contributed by atoms with E-state index in [1.54, 1.807) is 29.7 Å². The zero-order valence-electron chi connectivity index (χ0n) is 14.1. The molecule has 1 aliphatic heterocycles. The molecule has 26 heavy (non-hydrogen) atoms. The van der Waals surface area contributed by atoms with Crippen LogP contribution in [0.25, 0.3) is 11.3 Å². The van der Waals surface area contributed by atoms with Crippen LogP contribution in [0, 0.1) is 5.82 Å². The Bertz CT molecular complexity index is 920. The molecule has 1 amide bonds. The molecule has 1 atom stereocenters. The molecule has 0 radical (unpaired) electrons. The van der Waals surface area contributed by atoms with Gasteiger partial charge in [-0.3, -0.25) is 4.79 Å². The van der Waals surface area contributed by atoms with Crippen molar-refractivity contribution in [1.82, 2.24) is 9.88 Å². The molecule has 0 saturated carbocycles. The van der Waals surface area contributed by atoms with Gasteiger partial charge in [-0.1, -0.05) is 11.8 Å². The summed E-state index contributed by atoms with van der Waals surface area (Å²) in [6, 6.07) is 8.15. The van der Waals surface area contributed by atoms with E-state index in [0.717, 1.165) is 18.5 Å². The molecule has 1 aliphatic rings. The summed E-state index contributed by atoms with van der Waals surface area (Å²) in [5, 5.41) is 2.24. The predicted molar refractivity (Wildman–Crippen MR) is 101 cm³/mol. The minimum Gasteiger partial charge on any atom is -0.431 e. The van der Waals surface area contributed by atoms with E-state index in [2.05, 4.69) is 16.4 Å². The molecular weight excluding hydrogens is 371 g/mol. The van der Waals surface area contributed by atoms with E-state index >= 15 is 0 Å². The number of halogens is 1. The Morgan fingerprint density at radius 2 is 2.15 bits per heavy atom. The van der Waals surface area contributed by atoms with Crippen LogP contribution >= 0.6 is 23.1 Å². The van der Waals surface area contributed by atoms with E-state index in [1.165, 1.54) is 34.3 Å². The second-order valence-corrected chi connectivity index (χ2v) is 8.43. The molecule has 2 aromatic heterocycles. The molecule has 1 aromatic carbocycles. The summed E-state index contributed by atoms with van der Waals surface area (Å²) in [6.07, 6.45) is 2.52. The lowest BCUT2D eigenvalue weighted by Gasteiger charge is -2.28. The van der Waals surface area contributed by atoms with Crippen molar-refractivity contribution >= 4 is 29.0 Å². The Labute approximate surface area is 159 Å². The van der Waals surface area contributed by atoms with Gasteiger partial charge in [0.25, 0.3) is 5.22 Å². The van der Waals surface area contributed by atoms with Gasteiger partial charge >= 0.3 is 0 Å². The number of fused-ring (bicyclic) bond motifs is 1. The standard InChI is InChI=1S/C19H17FN2O2S2/c1-12(18(23)22-8-6-17-14(11-22)7-9-25-17)26-19-21-10-16(24-19)13-2-4-15(20)5-3-13/h2-5,7,9-10,12H,6,8,11H2,1H3. The molecule has 7 heteroatoms. The molecule has 0 saturated heterocycles. The number of amides is 1. The van der Waals surface area contributed by atoms with E-state index in [1.807, 2.05) is 11.8 Å². The number of hydrogen-bond donors (Lipinski definition) is 0. The normalized spacial score (nSPS) is 14.9. The Kier molecular flexibility index (Phi) is 4.82. The molecule has 3 aromatic rings. The van der Waals surface area contributed by atoms with Crippen LogP contribution in [0.1, 0.15) is 17.4 Å². The molecular formula is C19H17FN2O2S2. The number of rotatable bonds is 4. The average molecular weight is 388 g/mol. The second-order valence-electron chi connectivity index (χ2n) is 6.14. The number of carbonyl (C=O) groups is 1. The van der Waals surface area contributed by atoms with Crippen LogP contribution in [0.5, 0.6) is 0 Å². The summed E-state index contributed by atoms with van der Waals surface area (Å²) in [6.45, 7) is 3.30. The largest absolute Gasteiger partial charge is 0.431 e. The second kappa shape index (κ2) is 7.25. The molecule has 0 bridgehead atoms. The topological polar surface area (TPSA) is 46.3 Å². The molecule has 4 rings (SSSR count). The Balaban J connectivity index is 1.41. The first-order valence-electron chi connectivity index (χ1n) is 8.32. The van der Waals surface area contributed by atoms with E-state index in [9.17, 15) is 9.18 Å². The Hall–Kier alpha value is -2.12. The van der Waals surface area contributed by atoms with Gasteiger partial charge in [0.15, 0.2) is 5.76 Å². The summed E-state index contributed by atoms with van der Waals surface area (Å²) in [5.41, 5.74) is 2.01. The van der Waals surface area contributed by atoms with Crippen LogP contribution in [-0.4, -0.2) is 27.6 Å². The third-order valence-electron chi connectivity index (χ3n) is 4.36. The molecule has 134 valence electrons. The van der Waals surface area contributed by atoms with Crippen LogP contribution < -0.4 is 0 Å². The van der Waals surface area contributed by atoms with Gasteiger partial charge in [0.1, 0.15) is 5.82 Å². The van der Waals surface area contributed by atoms with Gasteiger partial charge in [-0.2, -0.15) is 0 Å². The highest BCUT2D eigenvalue weighted by Gasteiger charge is 2.27. The number of oxazole rings is 1. The van der Waals surface area contributed by atoms with Crippen molar-refractivity contribution in [2.75, 3.05) is 6.54 Å². The maximum atomic E-state index is 13.0. The first kappa shape index (κ1) is 17.3. The maximum absolute atomic E-state index is 13.0. The first-order valence-corrected chi connectivity index (χ1v) is 10.1. The van der Waals surface area contributed by atoms with Gasteiger partial charge in [-0.25, -0.2) is 9.37 Å². The van der Waals surface area contributed by atoms with Crippen LogP contribution in [0.4, 0.5) is 4.39 Å². The summed E-state index contributed by atoms with van der Waals surface area (Å²) in [7, 11) is 0. The molecule has 0 N–H and O–H groups in total. The highest BCUT2D eigenvalue weighted by molar-refractivity contribution is 8.00. The smallest absolute Gasteiger partial charge is 0.256 e. The fraction of sp³-hybridized carbons (Fsp3) is 0.263. The lowest BCUT2D eigenvalue weighted by Crippen LogP contribution is -2.39. The van der Waals surface area contributed by atoms with Crippen LogP contribution in [0.2, 0.25) is 0 Å². The summed E-state index contributed by atoms with van der Waals surface area (Å²) >= 11 is 3.07. The fourth-order valence-corrected chi connectivity index (χ4v) is 4.65. The van der Waals surface area contributed by atoms with E-state index in [-0.39, 0.29) is 17.0 Å². The van der Waals surface area contributed by atoms with Crippen molar-refractivity contribution in [3.05, 3.63) is 58.2 Å². The van der Waals surface area contributed by atoms with Crippen molar-refractivity contribution in [1.29, 1.82) is 0 Å². The van der Waals surface area contributed by atoms with Gasteiger partial charge in [-0.05, 0) is 54.6 Å². The number of benzene rings is 1. The number of aromatic nitrogens is 1. The molecule has 4 nitrogen and oxygen atoms in total. The van der Waals surface area contributed by atoms with Gasteiger partial charge in [0, 0.05) is 23.5 Å². The van der Waals surface area contributed by atoms with Crippen molar-refractivity contribution in [2.24, 2.45) is 0 Å². The zero-order valence-corrected chi connectivity index (χ0v) is 15.8. The van der Waals surface area contributed by atoms with Crippen molar-refractivity contribution in [2.45, 2.75) is 30.4 Å². The van der Waals surface area contributed by atoms with E-state index in [0.29, 0.717) is 17.5 Å². The van der Waals surface area contributed by atoms with Crippen LogP contribution in [0.3, 0.4) is 0 Å². The quantitative estimate of drug-likeness (QED) is 0.613. The number of nitrogens with zero attached hydrogens (tertiary/aromatic N) is 2. The van der Waals surface area contributed by atoms with E-state index < -0.39 is 0 Å². The Morgan fingerprint density at radius 3 is 2.96 bits per heavy atom. The van der Waals surface area contributed by atoms with Crippen LogP contribution in [0.15, 0.2) is 51.5 Å². The predicted octanol–water partition coefficient (Wildman–Crippen LogP) is 4.61. The SMILES string of the molecule is CC(Sc1ncc(-c2ccc(F)cc2)o1)C(=O)N1CCc2sccc2C1. The zero-order chi connectivity index (χ0) is 18.1. The average Bonchev–Trinajstić information content (AvgIpc) is 3.30. The molecule has 0 aliphatic carbocycles. The molecule has 3 heterocycles. The third kappa shape index (κ3) is 3.54. The monoisotopic (exact) mass is 388 g/mol. The summed E-state index contributed by atoms with van der Waals surface area (Å²) in [5.74, 6) is 0.360. The number of thioether (sulfide) groups is 1. The number of carbonyl (C=O) groups excluding carboxylic acids is 1. The van der Waals surface area contributed by atoms with E-state index in [4.69, 9.17) is 4.42 Å². The van der Waals surface area contributed by atoms with Crippen molar-refractivity contribution < 1.29 is 13.6 Å². The molecule has 0 fully saturated rings.